The van der Waals surface area contributed by atoms with Crippen LogP contribution in [-0.4, -0.2) is 17.3 Å². The van der Waals surface area contributed by atoms with Gasteiger partial charge in [0.05, 0.1) is 0 Å². The topological polar surface area (TPSA) is 20.3 Å². The van der Waals surface area contributed by atoms with Crippen LogP contribution >= 0.6 is 7.29 Å². The predicted octanol–water partition coefficient (Wildman–Crippen LogP) is 4.67. The van der Waals surface area contributed by atoms with E-state index in [1.165, 1.54) is 0 Å². The Kier molecular flexibility index (Phi) is 5.27. The molecular formula is C21H28NOP. The second kappa shape index (κ2) is 7.25. The van der Waals surface area contributed by atoms with Gasteiger partial charge in [-0.05, 0) is 48.9 Å². The molecule has 24 heavy (non-hydrogen) atoms. The molecule has 0 saturated carbocycles. The summed E-state index contributed by atoms with van der Waals surface area (Å²) in [6.45, 7) is 7.72. The molecule has 2 atom stereocenters. The van der Waals surface area contributed by atoms with Gasteiger partial charge in [-0.25, -0.2) is 4.67 Å². The molecule has 0 spiro atoms. The lowest BCUT2D eigenvalue weighted by Gasteiger charge is -2.34. The highest BCUT2D eigenvalue weighted by molar-refractivity contribution is 7.76. The molecule has 2 nitrogen and oxygen atoms in total. The van der Waals surface area contributed by atoms with Gasteiger partial charge >= 0.3 is 0 Å². The van der Waals surface area contributed by atoms with Crippen LogP contribution in [0.5, 0.6) is 0 Å². The Balaban J connectivity index is 2.10. The summed E-state index contributed by atoms with van der Waals surface area (Å²) in [4.78, 5) is 0. The molecule has 128 valence electrons. The first-order chi connectivity index (χ1) is 11.5. The van der Waals surface area contributed by atoms with Crippen LogP contribution in [-0.2, 0) is 4.57 Å². The Morgan fingerprint density at radius 3 is 1.96 bits per heavy atom. The van der Waals surface area contributed by atoms with E-state index in [1.807, 2.05) is 60.7 Å². The summed E-state index contributed by atoms with van der Waals surface area (Å²) in [5.41, 5.74) is 0. The molecule has 1 aliphatic rings. The summed E-state index contributed by atoms with van der Waals surface area (Å²) >= 11 is 0. The molecule has 2 aromatic rings. The average Bonchev–Trinajstić information content (AvgIpc) is 2.96. The SMILES string of the molecule is CC(C)C[C@H]1C[C@H](C)CN1P(=O)(c1ccccc1)c1ccccc1. The number of benzene rings is 2. The summed E-state index contributed by atoms with van der Waals surface area (Å²) in [5.74, 6) is 1.21. The number of hydrogen-bond acceptors (Lipinski definition) is 1. The molecule has 0 aromatic heterocycles. The lowest BCUT2D eigenvalue weighted by molar-refractivity contribution is 0.342. The molecular weight excluding hydrogens is 313 g/mol. The Bertz CT molecular complexity index is 655. The van der Waals surface area contributed by atoms with E-state index in [1.54, 1.807) is 0 Å². The van der Waals surface area contributed by atoms with E-state index in [0.717, 1.165) is 30.0 Å². The van der Waals surface area contributed by atoms with E-state index >= 15 is 0 Å². The Labute approximate surface area is 146 Å². The summed E-state index contributed by atoms with van der Waals surface area (Å²) < 4.78 is 16.8. The summed E-state index contributed by atoms with van der Waals surface area (Å²) in [6.07, 6.45) is 2.25. The molecule has 2 aromatic carbocycles. The Hall–Kier alpha value is -1.37. The van der Waals surface area contributed by atoms with Crippen molar-refractivity contribution in [1.29, 1.82) is 0 Å². The molecule has 0 N–H and O–H groups in total. The first kappa shape index (κ1) is 17.5. The van der Waals surface area contributed by atoms with E-state index in [9.17, 15) is 4.57 Å². The van der Waals surface area contributed by atoms with Gasteiger partial charge in [-0.15, -0.1) is 0 Å². The standard InChI is InChI=1S/C21H28NOP/c1-17(2)14-19-15-18(3)16-22(19)24(23,20-10-6-4-7-11-20)21-12-8-5-9-13-21/h4-13,17-19H,14-16H2,1-3H3/t18-,19-/m0/s1. The zero-order chi connectivity index (χ0) is 17.2. The zero-order valence-electron chi connectivity index (χ0n) is 14.9. The van der Waals surface area contributed by atoms with Crippen molar-refractivity contribution in [2.24, 2.45) is 11.8 Å². The van der Waals surface area contributed by atoms with Gasteiger partial charge < -0.3 is 0 Å². The van der Waals surface area contributed by atoms with Crippen molar-refractivity contribution in [2.45, 2.75) is 39.7 Å². The van der Waals surface area contributed by atoms with E-state index in [0.29, 0.717) is 17.9 Å². The Morgan fingerprint density at radius 2 is 1.50 bits per heavy atom. The van der Waals surface area contributed by atoms with E-state index in [4.69, 9.17) is 0 Å². The predicted molar refractivity (Wildman–Crippen MR) is 103 cm³/mol. The third-order valence-electron chi connectivity index (χ3n) is 4.91. The number of hydrogen-bond donors (Lipinski definition) is 0. The van der Waals surface area contributed by atoms with Crippen LogP contribution in [0, 0.1) is 11.8 Å². The van der Waals surface area contributed by atoms with Crippen molar-refractivity contribution in [3.8, 4) is 0 Å². The maximum Gasteiger partial charge on any atom is 0.207 e. The van der Waals surface area contributed by atoms with Crippen LogP contribution in [0.4, 0.5) is 0 Å². The molecule has 1 aliphatic heterocycles. The molecule has 1 fully saturated rings. The van der Waals surface area contributed by atoms with Crippen LogP contribution in [0.25, 0.3) is 0 Å². The second-order valence-electron chi connectivity index (χ2n) is 7.49. The minimum Gasteiger partial charge on any atom is -0.296 e. The fourth-order valence-electron chi connectivity index (χ4n) is 3.94. The molecule has 0 unspecified atom stereocenters. The molecule has 0 aliphatic carbocycles. The maximum atomic E-state index is 14.5. The molecule has 0 amide bonds. The molecule has 0 bridgehead atoms. The van der Waals surface area contributed by atoms with Gasteiger partial charge in [0.15, 0.2) is 0 Å². The van der Waals surface area contributed by atoms with Crippen molar-refractivity contribution in [1.82, 2.24) is 4.67 Å². The van der Waals surface area contributed by atoms with Crippen LogP contribution < -0.4 is 10.6 Å². The van der Waals surface area contributed by atoms with Crippen molar-refractivity contribution in [3.05, 3.63) is 60.7 Å². The lowest BCUT2D eigenvalue weighted by atomic mass is 10.00. The second-order valence-corrected chi connectivity index (χ2v) is 10.2. The van der Waals surface area contributed by atoms with Crippen LogP contribution in [0.1, 0.15) is 33.6 Å². The lowest BCUT2D eigenvalue weighted by Crippen LogP contribution is -2.36. The fraction of sp³-hybridized carbons (Fsp3) is 0.429. The van der Waals surface area contributed by atoms with Crippen molar-refractivity contribution in [3.63, 3.8) is 0 Å². The third kappa shape index (κ3) is 3.36. The Morgan fingerprint density at radius 1 is 1.00 bits per heavy atom. The van der Waals surface area contributed by atoms with Crippen LogP contribution in [0.3, 0.4) is 0 Å². The minimum atomic E-state index is -2.79. The molecule has 3 rings (SSSR count). The van der Waals surface area contributed by atoms with E-state index in [2.05, 4.69) is 25.4 Å². The first-order valence-corrected chi connectivity index (χ1v) is 10.7. The third-order valence-corrected chi connectivity index (χ3v) is 8.12. The normalized spacial score (nSPS) is 22.2. The largest absolute Gasteiger partial charge is 0.296 e. The quantitative estimate of drug-likeness (QED) is 0.737. The zero-order valence-corrected chi connectivity index (χ0v) is 15.8. The summed E-state index contributed by atoms with van der Waals surface area (Å²) in [7, 11) is -2.79. The molecule has 1 heterocycles. The van der Waals surface area contributed by atoms with Crippen LogP contribution in [0.15, 0.2) is 60.7 Å². The molecule has 3 heteroatoms. The highest BCUT2D eigenvalue weighted by atomic mass is 31.2. The first-order valence-electron chi connectivity index (χ1n) is 9.00. The van der Waals surface area contributed by atoms with Crippen molar-refractivity contribution < 1.29 is 4.57 Å². The van der Waals surface area contributed by atoms with Gasteiger partial charge in [0.2, 0.25) is 7.29 Å². The molecule has 0 radical (unpaired) electrons. The molecule has 1 saturated heterocycles. The van der Waals surface area contributed by atoms with Gasteiger partial charge in [-0.1, -0.05) is 57.2 Å². The minimum absolute atomic E-state index is 0.395. The van der Waals surface area contributed by atoms with E-state index in [-0.39, 0.29) is 0 Å². The number of nitrogens with zero attached hydrogens (tertiary/aromatic N) is 1. The average molecular weight is 341 g/mol. The highest BCUT2D eigenvalue weighted by Crippen LogP contribution is 2.53. The van der Waals surface area contributed by atoms with Crippen molar-refractivity contribution in [2.75, 3.05) is 6.54 Å². The smallest absolute Gasteiger partial charge is 0.207 e. The van der Waals surface area contributed by atoms with Gasteiger partial charge in [0.1, 0.15) is 0 Å². The number of rotatable bonds is 5. The van der Waals surface area contributed by atoms with Crippen molar-refractivity contribution >= 4 is 17.9 Å². The fourth-order valence-corrected chi connectivity index (χ4v) is 7.14. The highest BCUT2D eigenvalue weighted by Gasteiger charge is 2.43. The van der Waals surface area contributed by atoms with Gasteiger partial charge in [-0.3, -0.25) is 4.57 Å². The maximum absolute atomic E-state index is 14.5. The van der Waals surface area contributed by atoms with Gasteiger partial charge in [-0.2, -0.15) is 0 Å². The van der Waals surface area contributed by atoms with Gasteiger partial charge in [0.25, 0.3) is 0 Å². The summed E-state index contributed by atoms with van der Waals surface area (Å²) in [5, 5.41) is 1.91. The summed E-state index contributed by atoms with van der Waals surface area (Å²) in [6, 6.07) is 20.5. The van der Waals surface area contributed by atoms with E-state index < -0.39 is 7.29 Å². The van der Waals surface area contributed by atoms with Gasteiger partial charge in [0, 0.05) is 23.2 Å². The van der Waals surface area contributed by atoms with Crippen LogP contribution in [0.2, 0.25) is 0 Å². The monoisotopic (exact) mass is 341 g/mol.